The fraction of sp³-hybridized carbons (Fsp3) is 0.294. The van der Waals surface area contributed by atoms with Crippen LogP contribution in [0, 0.1) is 6.92 Å². The summed E-state index contributed by atoms with van der Waals surface area (Å²) in [4.78, 5) is 0. The zero-order valence-corrected chi connectivity index (χ0v) is 11.9. The zero-order valence-electron chi connectivity index (χ0n) is 11.9. The van der Waals surface area contributed by atoms with Crippen molar-refractivity contribution < 1.29 is 9.84 Å². The molecule has 0 bridgehead atoms. The summed E-state index contributed by atoms with van der Waals surface area (Å²) in [5.41, 5.74) is 9.09. The SMILES string of the molecule is Cc1ccccc1C(Oc1ccccc1CO)C(C)N. The molecule has 3 N–H and O–H groups in total. The lowest BCUT2D eigenvalue weighted by atomic mass is 9.99. The van der Waals surface area contributed by atoms with Gasteiger partial charge in [-0.1, -0.05) is 42.5 Å². The van der Waals surface area contributed by atoms with E-state index in [2.05, 4.69) is 0 Å². The maximum absolute atomic E-state index is 9.38. The van der Waals surface area contributed by atoms with Crippen LogP contribution in [0.2, 0.25) is 0 Å². The fourth-order valence-corrected chi connectivity index (χ4v) is 2.25. The Morgan fingerprint density at radius 3 is 2.40 bits per heavy atom. The van der Waals surface area contributed by atoms with Crippen LogP contribution in [0.1, 0.15) is 29.7 Å². The smallest absolute Gasteiger partial charge is 0.139 e. The molecule has 2 unspecified atom stereocenters. The van der Waals surface area contributed by atoms with Crippen LogP contribution >= 0.6 is 0 Å². The first kappa shape index (κ1) is 14.6. The van der Waals surface area contributed by atoms with E-state index in [0.717, 1.165) is 16.7 Å². The van der Waals surface area contributed by atoms with Crippen LogP contribution in [0.25, 0.3) is 0 Å². The summed E-state index contributed by atoms with van der Waals surface area (Å²) < 4.78 is 6.08. The highest BCUT2D eigenvalue weighted by Crippen LogP contribution is 2.28. The van der Waals surface area contributed by atoms with E-state index in [4.69, 9.17) is 10.5 Å². The van der Waals surface area contributed by atoms with Gasteiger partial charge in [-0.15, -0.1) is 0 Å². The van der Waals surface area contributed by atoms with Gasteiger partial charge in [-0.05, 0) is 31.0 Å². The van der Waals surface area contributed by atoms with Gasteiger partial charge in [-0.2, -0.15) is 0 Å². The molecule has 0 radical (unpaired) electrons. The molecule has 0 spiro atoms. The van der Waals surface area contributed by atoms with Gasteiger partial charge in [0.05, 0.1) is 6.61 Å². The van der Waals surface area contributed by atoms with Crippen molar-refractivity contribution in [2.24, 2.45) is 5.73 Å². The molecule has 0 fully saturated rings. The average molecular weight is 271 g/mol. The molecule has 2 rings (SSSR count). The minimum absolute atomic E-state index is 0.0460. The Balaban J connectivity index is 2.34. The van der Waals surface area contributed by atoms with E-state index in [9.17, 15) is 5.11 Å². The maximum atomic E-state index is 9.38. The van der Waals surface area contributed by atoms with Crippen LogP contribution in [0.4, 0.5) is 0 Å². The highest BCUT2D eigenvalue weighted by atomic mass is 16.5. The van der Waals surface area contributed by atoms with Crippen molar-refractivity contribution in [2.75, 3.05) is 0 Å². The average Bonchev–Trinajstić information content (AvgIpc) is 2.46. The topological polar surface area (TPSA) is 55.5 Å². The molecule has 20 heavy (non-hydrogen) atoms. The van der Waals surface area contributed by atoms with Crippen molar-refractivity contribution in [1.29, 1.82) is 0 Å². The minimum atomic E-state index is -0.232. The van der Waals surface area contributed by atoms with Crippen LogP contribution in [0.5, 0.6) is 5.75 Å². The number of para-hydroxylation sites is 1. The number of benzene rings is 2. The highest BCUT2D eigenvalue weighted by molar-refractivity contribution is 5.35. The molecular formula is C17H21NO2. The molecule has 0 aliphatic rings. The number of ether oxygens (including phenoxy) is 1. The number of aliphatic hydroxyl groups excluding tert-OH is 1. The Kier molecular flexibility index (Phi) is 4.77. The number of aryl methyl sites for hydroxylation is 1. The maximum Gasteiger partial charge on any atom is 0.139 e. The van der Waals surface area contributed by atoms with E-state index in [1.165, 1.54) is 0 Å². The number of hydrogen-bond acceptors (Lipinski definition) is 3. The first-order chi connectivity index (χ1) is 9.63. The van der Waals surface area contributed by atoms with E-state index >= 15 is 0 Å². The van der Waals surface area contributed by atoms with Crippen LogP contribution in [-0.4, -0.2) is 11.1 Å². The second-order valence-corrected chi connectivity index (χ2v) is 5.02. The molecule has 2 aromatic carbocycles. The van der Waals surface area contributed by atoms with E-state index < -0.39 is 0 Å². The summed E-state index contributed by atoms with van der Waals surface area (Å²) >= 11 is 0. The minimum Gasteiger partial charge on any atom is -0.484 e. The second kappa shape index (κ2) is 6.55. The van der Waals surface area contributed by atoms with Crippen LogP contribution in [0.15, 0.2) is 48.5 Å². The van der Waals surface area contributed by atoms with Crippen LogP contribution in [0.3, 0.4) is 0 Å². The van der Waals surface area contributed by atoms with E-state index in [1.807, 2.05) is 62.4 Å². The first-order valence-electron chi connectivity index (χ1n) is 6.80. The third-order valence-corrected chi connectivity index (χ3v) is 3.37. The van der Waals surface area contributed by atoms with Gasteiger partial charge in [0.1, 0.15) is 11.9 Å². The molecule has 3 nitrogen and oxygen atoms in total. The monoisotopic (exact) mass is 271 g/mol. The largest absolute Gasteiger partial charge is 0.484 e. The van der Waals surface area contributed by atoms with Gasteiger partial charge in [-0.3, -0.25) is 0 Å². The summed E-state index contributed by atoms with van der Waals surface area (Å²) in [6, 6.07) is 15.4. The predicted molar refractivity (Wildman–Crippen MR) is 80.6 cm³/mol. The van der Waals surface area contributed by atoms with Crippen molar-refractivity contribution >= 4 is 0 Å². The van der Waals surface area contributed by atoms with Crippen LogP contribution < -0.4 is 10.5 Å². The Morgan fingerprint density at radius 1 is 1.10 bits per heavy atom. The molecule has 0 heterocycles. The highest BCUT2D eigenvalue weighted by Gasteiger charge is 2.20. The van der Waals surface area contributed by atoms with E-state index in [1.54, 1.807) is 0 Å². The Morgan fingerprint density at radius 2 is 1.75 bits per heavy atom. The molecule has 2 aromatic rings. The van der Waals surface area contributed by atoms with Crippen LogP contribution in [-0.2, 0) is 6.61 Å². The van der Waals surface area contributed by atoms with Gasteiger partial charge in [0.15, 0.2) is 0 Å². The molecule has 106 valence electrons. The van der Waals surface area contributed by atoms with Gasteiger partial charge in [-0.25, -0.2) is 0 Å². The van der Waals surface area contributed by atoms with Crippen molar-refractivity contribution in [1.82, 2.24) is 0 Å². The summed E-state index contributed by atoms with van der Waals surface area (Å²) in [6.45, 7) is 3.93. The van der Waals surface area contributed by atoms with Crippen molar-refractivity contribution in [2.45, 2.75) is 32.6 Å². The van der Waals surface area contributed by atoms with E-state index in [-0.39, 0.29) is 18.8 Å². The molecule has 0 aliphatic carbocycles. The van der Waals surface area contributed by atoms with Crippen molar-refractivity contribution in [3.05, 3.63) is 65.2 Å². The molecule has 0 saturated heterocycles. The molecule has 0 aliphatic heterocycles. The van der Waals surface area contributed by atoms with Gasteiger partial charge < -0.3 is 15.6 Å². The Labute approximate surface area is 120 Å². The molecule has 0 saturated carbocycles. The first-order valence-corrected chi connectivity index (χ1v) is 6.80. The normalized spacial score (nSPS) is 13.8. The summed E-state index contributed by atoms with van der Waals surface area (Å²) in [7, 11) is 0. The van der Waals surface area contributed by atoms with Crippen molar-refractivity contribution in [3.8, 4) is 5.75 Å². The van der Waals surface area contributed by atoms with Gasteiger partial charge in [0, 0.05) is 11.6 Å². The summed E-state index contributed by atoms with van der Waals surface area (Å²) in [5, 5.41) is 9.38. The number of hydrogen-bond donors (Lipinski definition) is 2. The number of rotatable bonds is 5. The van der Waals surface area contributed by atoms with Gasteiger partial charge in [0.2, 0.25) is 0 Å². The van der Waals surface area contributed by atoms with Gasteiger partial charge >= 0.3 is 0 Å². The third-order valence-electron chi connectivity index (χ3n) is 3.37. The molecular weight excluding hydrogens is 250 g/mol. The van der Waals surface area contributed by atoms with E-state index in [0.29, 0.717) is 5.75 Å². The standard InChI is InChI=1S/C17H21NO2/c1-12-7-3-5-9-15(12)17(13(2)18)20-16-10-6-4-8-14(16)11-19/h3-10,13,17,19H,11,18H2,1-2H3. The van der Waals surface area contributed by atoms with Gasteiger partial charge in [0.25, 0.3) is 0 Å². The molecule has 3 heteroatoms. The Hall–Kier alpha value is -1.84. The predicted octanol–water partition coefficient (Wildman–Crippen LogP) is 2.95. The lowest BCUT2D eigenvalue weighted by Crippen LogP contribution is -2.29. The molecule has 0 aromatic heterocycles. The molecule has 0 amide bonds. The molecule has 2 atom stereocenters. The van der Waals surface area contributed by atoms with Crippen molar-refractivity contribution in [3.63, 3.8) is 0 Å². The fourth-order valence-electron chi connectivity index (χ4n) is 2.25. The summed E-state index contributed by atoms with van der Waals surface area (Å²) in [6.07, 6.45) is -0.232. The summed E-state index contributed by atoms with van der Waals surface area (Å²) in [5.74, 6) is 0.681. The lowest BCUT2D eigenvalue weighted by molar-refractivity contribution is 0.172. The zero-order chi connectivity index (χ0) is 14.5. The quantitative estimate of drug-likeness (QED) is 0.879. The number of nitrogens with two attached hydrogens (primary N) is 1. The lowest BCUT2D eigenvalue weighted by Gasteiger charge is -2.25. The second-order valence-electron chi connectivity index (χ2n) is 5.02. The Bertz CT molecular complexity index is 566. The number of aliphatic hydroxyl groups is 1. The third kappa shape index (κ3) is 3.18.